The molecule has 0 aromatic heterocycles. The normalized spacial score (nSPS) is 29.8. The highest BCUT2D eigenvalue weighted by Gasteiger charge is 2.35. The predicted octanol–water partition coefficient (Wildman–Crippen LogP) is 2.20. The number of ether oxygens (including phenoxy) is 2. The third-order valence-corrected chi connectivity index (χ3v) is 4.51. The molecular formula is C16H23NO3. The van der Waals surface area contributed by atoms with Gasteiger partial charge in [-0.15, -0.1) is 0 Å². The van der Waals surface area contributed by atoms with E-state index in [4.69, 9.17) is 9.47 Å². The van der Waals surface area contributed by atoms with Gasteiger partial charge < -0.3 is 19.9 Å². The Morgan fingerprint density at radius 2 is 1.85 bits per heavy atom. The van der Waals surface area contributed by atoms with Crippen molar-refractivity contribution < 1.29 is 14.6 Å². The minimum absolute atomic E-state index is 0.524. The highest BCUT2D eigenvalue weighted by atomic mass is 16.5. The van der Waals surface area contributed by atoms with E-state index >= 15 is 0 Å². The van der Waals surface area contributed by atoms with Gasteiger partial charge in [-0.3, -0.25) is 0 Å². The van der Waals surface area contributed by atoms with Crippen LogP contribution in [-0.2, 0) is 5.60 Å². The van der Waals surface area contributed by atoms with Crippen molar-refractivity contribution in [3.63, 3.8) is 0 Å². The maximum atomic E-state index is 10.9. The van der Waals surface area contributed by atoms with E-state index in [2.05, 4.69) is 5.32 Å². The highest BCUT2D eigenvalue weighted by Crippen LogP contribution is 2.40. The van der Waals surface area contributed by atoms with E-state index < -0.39 is 5.60 Å². The number of nitrogens with one attached hydrogen (secondary N) is 1. The maximum absolute atomic E-state index is 10.9. The number of rotatable bonds is 2. The predicted molar refractivity (Wildman–Crippen MR) is 77.3 cm³/mol. The summed E-state index contributed by atoms with van der Waals surface area (Å²) >= 11 is 0. The van der Waals surface area contributed by atoms with Crippen LogP contribution < -0.4 is 14.8 Å². The van der Waals surface area contributed by atoms with E-state index in [1.165, 1.54) is 0 Å². The molecule has 2 aliphatic rings. The van der Waals surface area contributed by atoms with Crippen LogP contribution in [0.2, 0.25) is 0 Å². The van der Waals surface area contributed by atoms with Crippen LogP contribution in [0.15, 0.2) is 18.2 Å². The molecule has 0 spiro atoms. The Bertz CT molecular complexity index is 467. The van der Waals surface area contributed by atoms with Crippen molar-refractivity contribution in [2.24, 2.45) is 0 Å². The third kappa shape index (κ3) is 2.63. The molecule has 1 aromatic rings. The summed E-state index contributed by atoms with van der Waals surface area (Å²) in [5.74, 6) is 1.56. The van der Waals surface area contributed by atoms with Gasteiger partial charge in [0.05, 0.1) is 18.8 Å². The van der Waals surface area contributed by atoms with E-state index in [1.807, 2.05) is 25.2 Å². The zero-order valence-corrected chi connectivity index (χ0v) is 12.0. The molecular weight excluding hydrogens is 254 g/mol. The van der Waals surface area contributed by atoms with Crippen LogP contribution in [-0.4, -0.2) is 31.4 Å². The van der Waals surface area contributed by atoms with Gasteiger partial charge in [-0.05, 0) is 50.4 Å². The minimum Gasteiger partial charge on any atom is -0.490 e. The Hall–Kier alpha value is -1.26. The molecule has 0 atom stereocenters. The Balaban J connectivity index is 1.81. The number of fused-ring (bicyclic) bond motifs is 1. The van der Waals surface area contributed by atoms with Gasteiger partial charge in [0.25, 0.3) is 0 Å². The van der Waals surface area contributed by atoms with Crippen molar-refractivity contribution in [1.82, 2.24) is 5.32 Å². The Labute approximate surface area is 120 Å². The van der Waals surface area contributed by atoms with Gasteiger partial charge in [0, 0.05) is 12.5 Å². The SMILES string of the molecule is CNC1CCC(O)(c2ccc3c(c2)OCCCO3)CC1. The number of hydrogen-bond donors (Lipinski definition) is 2. The molecule has 1 heterocycles. The molecule has 20 heavy (non-hydrogen) atoms. The summed E-state index contributed by atoms with van der Waals surface area (Å²) in [4.78, 5) is 0. The van der Waals surface area contributed by atoms with Crippen molar-refractivity contribution in [2.45, 2.75) is 43.7 Å². The van der Waals surface area contributed by atoms with Crippen molar-refractivity contribution >= 4 is 0 Å². The molecule has 0 unspecified atom stereocenters. The van der Waals surface area contributed by atoms with Crippen LogP contribution in [0.25, 0.3) is 0 Å². The molecule has 110 valence electrons. The van der Waals surface area contributed by atoms with E-state index in [9.17, 15) is 5.11 Å². The lowest BCUT2D eigenvalue weighted by molar-refractivity contribution is -0.00783. The van der Waals surface area contributed by atoms with Crippen LogP contribution >= 0.6 is 0 Å². The average molecular weight is 277 g/mol. The van der Waals surface area contributed by atoms with Crippen molar-refractivity contribution in [3.05, 3.63) is 23.8 Å². The average Bonchev–Trinajstić information content (AvgIpc) is 2.72. The first-order valence-electron chi connectivity index (χ1n) is 7.51. The molecule has 1 aliphatic carbocycles. The second kappa shape index (κ2) is 5.62. The summed E-state index contributed by atoms with van der Waals surface area (Å²) in [5.41, 5.74) is 0.231. The number of aliphatic hydroxyl groups is 1. The van der Waals surface area contributed by atoms with E-state index in [1.54, 1.807) is 0 Å². The summed E-state index contributed by atoms with van der Waals surface area (Å²) in [5, 5.41) is 14.2. The van der Waals surface area contributed by atoms with Gasteiger partial charge in [-0.25, -0.2) is 0 Å². The van der Waals surface area contributed by atoms with Gasteiger partial charge in [0.15, 0.2) is 11.5 Å². The molecule has 1 aromatic carbocycles. The smallest absolute Gasteiger partial charge is 0.161 e. The molecule has 0 radical (unpaired) electrons. The van der Waals surface area contributed by atoms with Gasteiger partial charge >= 0.3 is 0 Å². The second-order valence-electron chi connectivity index (χ2n) is 5.81. The molecule has 1 fully saturated rings. The van der Waals surface area contributed by atoms with E-state index in [0.29, 0.717) is 19.3 Å². The third-order valence-electron chi connectivity index (χ3n) is 4.51. The summed E-state index contributed by atoms with van der Waals surface area (Å²) < 4.78 is 11.4. The summed E-state index contributed by atoms with van der Waals surface area (Å²) in [6.07, 6.45) is 4.48. The zero-order chi connectivity index (χ0) is 14.0. The quantitative estimate of drug-likeness (QED) is 0.870. The van der Waals surface area contributed by atoms with Crippen molar-refractivity contribution in [2.75, 3.05) is 20.3 Å². The van der Waals surface area contributed by atoms with Crippen LogP contribution in [0.1, 0.15) is 37.7 Å². The van der Waals surface area contributed by atoms with Gasteiger partial charge in [-0.1, -0.05) is 6.07 Å². The molecule has 1 aliphatic heterocycles. The molecule has 3 rings (SSSR count). The Kier molecular flexibility index (Phi) is 3.85. The largest absolute Gasteiger partial charge is 0.490 e. The molecule has 0 amide bonds. The van der Waals surface area contributed by atoms with Crippen LogP contribution in [0, 0.1) is 0 Å². The first-order chi connectivity index (χ1) is 9.71. The van der Waals surface area contributed by atoms with Crippen LogP contribution in [0.5, 0.6) is 11.5 Å². The van der Waals surface area contributed by atoms with Gasteiger partial charge in [0.1, 0.15) is 0 Å². The maximum Gasteiger partial charge on any atom is 0.161 e. The first-order valence-corrected chi connectivity index (χ1v) is 7.51. The molecule has 2 N–H and O–H groups in total. The topological polar surface area (TPSA) is 50.7 Å². The number of hydrogen-bond acceptors (Lipinski definition) is 4. The lowest BCUT2D eigenvalue weighted by Gasteiger charge is -2.36. The lowest BCUT2D eigenvalue weighted by Crippen LogP contribution is -2.38. The molecule has 1 saturated carbocycles. The van der Waals surface area contributed by atoms with Gasteiger partial charge in [-0.2, -0.15) is 0 Å². The van der Waals surface area contributed by atoms with E-state index in [0.717, 1.165) is 49.2 Å². The fourth-order valence-electron chi connectivity index (χ4n) is 3.13. The minimum atomic E-state index is -0.724. The number of benzene rings is 1. The molecule has 0 saturated heterocycles. The van der Waals surface area contributed by atoms with Gasteiger partial charge in [0.2, 0.25) is 0 Å². The molecule has 4 nitrogen and oxygen atoms in total. The summed E-state index contributed by atoms with van der Waals surface area (Å²) in [7, 11) is 1.99. The lowest BCUT2D eigenvalue weighted by atomic mass is 9.77. The zero-order valence-electron chi connectivity index (χ0n) is 12.0. The Morgan fingerprint density at radius 1 is 1.15 bits per heavy atom. The first kappa shape index (κ1) is 13.7. The Morgan fingerprint density at radius 3 is 2.55 bits per heavy atom. The monoisotopic (exact) mass is 277 g/mol. The summed E-state index contributed by atoms with van der Waals surface area (Å²) in [6.45, 7) is 1.37. The van der Waals surface area contributed by atoms with Crippen molar-refractivity contribution in [1.29, 1.82) is 0 Å². The van der Waals surface area contributed by atoms with E-state index in [-0.39, 0.29) is 0 Å². The fourth-order valence-corrected chi connectivity index (χ4v) is 3.13. The molecule has 0 bridgehead atoms. The highest BCUT2D eigenvalue weighted by molar-refractivity contribution is 5.45. The van der Waals surface area contributed by atoms with Crippen molar-refractivity contribution in [3.8, 4) is 11.5 Å². The fraction of sp³-hybridized carbons (Fsp3) is 0.625. The summed E-state index contributed by atoms with van der Waals surface area (Å²) in [6, 6.07) is 6.39. The van der Waals surface area contributed by atoms with Crippen LogP contribution in [0.4, 0.5) is 0 Å². The standard InChI is InChI=1S/C16H23NO3/c1-17-13-5-7-16(18,8-6-13)12-3-4-14-15(11-12)20-10-2-9-19-14/h3-4,11,13,17-18H,2,5-10H2,1H3. The van der Waals surface area contributed by atoms with Crippen LogP contribution in [0.3, 0.4) is 0 Å². The molecule has 4 heteroatoms. The second-order valence-corrected chi connectivity index (χ2v) is 5.81.